The fourth-order valence-corrected chi connectivity index (χ4v) is 2.13. The van der Waals surface area contributed by atoms with Crippen molar-refractivity contribution < 1.29 is 9.18 Å². The zero-order valence-corrected chi connectivity index (χ0v) is 12.5. The van der Waals surface area contributed by atoms with Crippen molar-refractivity contribution in [2.24, 2.45) is 0 Å². The van der Waals surface area contributed by atoms with Crippen molar-refractivity contribution >= 4 is 11.7 Å². The number of halogens is 1. The predicted octanol–water partition coefficient (Wildman–Crippen LogP) is 3.84. The summed E-state index contributed by atoms with van der Waals surface area (Å²) >= 11 is 0. The zero-order chi connectivity index (χ0) is 16.2. The Hall–Kier alpha value is -3.08. The summed E-state index contributed by atoms with van der Waals surface area (Å²) in [5, 5.41) is 2.74. The van der Waals surface area contributed by atoms with E-state index >= 15 is 0 Å². The molecule has 1 amide bonds. The van der Waals surface area contributed by atoms with Gasteiger partial charge in [-0.1, -0.05) is 18.2 Å². The highest BCUT2D eigenvalue weighted by Gasteiger charge is 2.10. The van der Waals surface area contributed by atoms with Gasteiger partial charge in [-0.05, 0) is 43.3 Å². The van der Waals surface area contributed by atoms with Crippen LogP contribution in [0.5, 0.6) is 0 Å². The minimum atomic E-state index is -0.301. The average molecular weight is 307 g/mol. The van der Waals surface area contributed by atoms with Gasteiger partial charge in [0.2, 0.25) is 0 Å². The summed E-state index contributed by atoms with van der Waals surface area (Å²) < 4.78 is 13.0. The number of anilines is 1. The number of aryl methyl sites for hydroxylation is 1. The number of aromatic nitrogens is 2. The monoisotopic (exact) mass is 307 g/mol. The summed E-state index contributed by atoms with van der Waals surface area (Å²) in [6.45, 7) is 1.76. The second kappa shape index (κ2) is 6.36. The lowest BCUT2D eigenvalue weighted by atomic mass is 10.1. The van der Waals surface area contributed by atoms with Crippen LogP contribution in [0.4, 0.5) is 10.2 Å². The first-order chi connectivity index (χ1) is 11.1. The van der Waals surface area contributed by atoms with Crippen LogP contribution in [0.15, 0.2) is 60.8 Å². The van der Waals surface area contributed by atoms with E-state index in [9.17, 15) is 9.18 Å². The van der Waals surface area contributed by atoms with Crippen LogP contribution in [0, 0.1) is 12.7 Å². The van der Waals surface area contributed by atoms with E-state index in [1.807, 2.05) is 6.07 Å². The maximum atomic E-state index is 13.0. The topological polar surface area (TPSA) is 54.9 Å². The Morgan fingerprint density at radius 3 is 2.39 bits per heavy atom. The normalized spacial score (nSPS) is 10.3. The lowest BCUT2D eigenvalue weighted by Gasteiger charge is -2.08. The Kier molecular flexibility index (Phi) is 4.10. The molecule has 0 saturated carbocycles. The van der Waals surface area contributed by atoms with Gasteiger partial charge in [-0.3, -0.25) is 4.79 Å². The fraction of sp³-hybridized carbons (Fsp3) is 0.0556. The van der Waals surface area contributed by atoms with Crippen LogP contribution in [0.2, 0.25) is 0 Å². The van der Waals surface area contributed by atoms with Crippen molar-refractivity contribution in [3.63, 3.8) is 0 Å². The smallest absolute Gasteiger partial charge is 0.256 e. The molecule has 0 aliphatic carbocycles. The number of carbonyl (C=O) groups is 1. The van der Waals surface area contributed by atoms with E-state index in [0.29, 0.717) is 22.8 Å². The molecule has 0 spiro atoms. The molecule has 0 bridgehead atoms. The third kappa shape index (κ3) is 3.40. The molecular weight excluding hydrogens is 293 g/mol. The van der Waals surface area contributed by atoms with Gasteiger partial charge >= 0.3 is 0 Å². The van der Waals surface area contributed by atoms with E-state index in [1.165, 1.54) is 12.1 Å². The Morgan fingerprint density at radius 2 is 1.74 bits per heavy atom. The lowest BCUT2D eigenvalue weighted by molar-refractivity contribution is 0.102. The molecule has 1 heterocycles. The van der Waals surface area contributed by atoms with Crippen molar-refractivity contribution in [2.45, 2.75) is 6.92 Å². The number of hydrogen-bond donors (Lipinski definition) is 1. The molecule has 0 aliphatic rings. The van der Waals surface area contributed by atoms with Gasteiger partial charge in [0.05, 0.1) is 17.6 Å². The summed E-state index contributed by atoms with van der Waals surface area (Å²) in [4.78, 5) is 20.8. The van der Waals surface area contributed by atoms with E-state index in [4.69, 9.17) is 0 Å². The highest BCUT2D eigenvalue weighted by Crippen LogP contribution is 2.19. The number of carbonyl (C=O) groups excluding carboxylic acids is 1. The summed E-state index contributed by atoms with van der Waals surface area (Å²) in [5.41, 5.74) is 2.54. The van der Waals surface area contributed by atoms with Crippen LogP contribution in [0.3, 0.4) is 0 Å². The van der Waals surface area contributed by atoms with Crippen LogP contribution in [0.25, 0.3) is 11.3 Å². The Labute approximate surface area is 133 Å². The summed E-state index contributed by atoms with van der Waals surface area (Å²) in [6.07, 6.45) is 1.56. The summed E-state index contributed by atoms with van der Waals surface area (Å²) in [7, 11) is 0. The minimum Gasteiger partial charge on any atom is -0.305 e. The molecule has 23 heavy (non-hydrogen) atoms. The quantitative estimate of drug-likeness (QED) is 0.799. The molecule has 0 unspecified atom stereocenters. The molecule has 3 aromatic rings. The zero-order valence-electron chi connectivity index (χ0n) is 12.5. The summed E-state index contributed by atoms with van der Waals surface area (Å²) in [5.74, 6) is -0.132. The third-order valence-corrected chi connectivity index (χ3v) is 3.35. The molecule has 3 rings (SSSR count). The van der Waals surface area contributed by atoms with E-state index in [-0.39, 0.29) is 11.7 Å². The highest BCUT2D eigenvalue weighted by molar-refractivity contribution is 6.03. The number of amides is 1. The van der Waals surface area contributed by atoms with Gasteiger partial charge in [0.15, 0.2) is 5.82 Å². The lowest BCUT2D eigenvalue weighted by Crippen LogP contribution is -2.14. The molecule has 0 fully saturated rings. The van der Waals surface area contributed by atoms with Gasteiger partial charge in [-0.2, -0.15) is 0 Å². The first kappa shape index (κ1) is 14.8. The Bertz CT molecular complexity index is 833. The molecular formula is C18H14FN3O. The van der Waals surface area contributed by atoms with Crippen molar-refractivity contribution in [3.8, 4) is 11.3 Å². The van der Waals surface area contributed by atoms with Gasteiger partial charge in [0, 0.05) is 11.1 Å². The van der Waals surface area contributed by atoms with Crippen molar-refractivity contribution in [3.05, 3.63) is 77.9 Å². The first-order valence-corrected chi connectivity index (χ1v) is 7.09. The molecule has 1 aromatic heterocycles. The van der Waals surface area contributed by atoms with Gasteiger partial charge in [0.1, 0.15) is 5.82 Å². The molecule has 0 aliphatic heterocycles. The van der Waals surface area contributed by atoms with E-state index in [2.05, 4.69) is 15.3 Å². The van der Waals surface area contributed by atoms with E-state index in [1.54, 1.807) is 49.5 Å². The molecule has 114 valence electrons. The van der Waals surface area contributed by atoms with Crippen molar-refractivity contribution in [2.75, 3.05) is 5.32 Å². The number of benzene rings is 2. The molecule has 5 heteroatoms. The standard InChI is InChI=1S/C18H14FN3O/c1-12-17(22-18(23)14-5-3-2-4-6-14)20-11-16(21-12)13-7-9-15(19)10-8-13/h2-11H,1H3,(H,20,22,23). The highest BCUT2D eigenvalue weighted by atomic mass is 19.1. The Balaban J connectivity index is 1.82. The number of hydrogen-bond acceptors (Lipinski definition) is 3. The largest absolute Gasteiger partial charge is 0.305 e. The van der Waals surface area contributed by atoms with Crippen LogP contribution in [0.1, 0.15) is 16.1 Å². The Morgan fingerprint density at radius 1 is 1.04 bits per heavy atom. The molecule has 2 aromatic carbocycles. The number of rotatable bonds is 3. The molecule has 0 atom stereocenters. The molecule has 0 saturated heterocycles. The molecule has 0 radical (unpaired) electrons. The van der Waals surface area contributed by atoms with Crippen LogP contribution in [-0.2, 0) is 0 Å². The van der Waals surface area contributed by atoms with Crippen LogP contribution < -0.4 is 5.32 Å². The third-order valence-electron chi connectivity index (χ3n) is 3.35. The van der Waals surface area contributed by atoms with E-state index in [0.717, 1.165) is 5.56 Å². The molecule has 4 nitrogen and oxygen atoms in total. The maximum absolute atomic E-state index is 13.0. The SMILES string of the molecule is Cc1nc(-c2ccc(F)cc2)cnc1NC(=O)c1ccccc1. The first-order valence-electron chi connectivity index (χ1n) is 7.09. The van der Waals surface area contributed by atoms with Crippen molar-refractivity contribution in [1.29, 1.82) is 0 Å². The van der Waals surface area contributed by atoms with Gasteiger partial charge in [-0.15, -0.1) is 0 Å². The van der Waals surface area contributed by atoms with Crippen molar-refractivity contribution in [1.82, 2.24) is 9.97 Å². The van der Waals surface area contributed by atoms with Gasteiger partial charge in [-0.25, -0.2) is 14.4 Å². The fourth-order valence-electron chi connectivity index (χ4n) is 2.13. The second-order valence-corrected chi connectivity index (χ2v) is 5.02. The number of nitrogens with one attached hydrogen (secondary N) is 1. The predicted molar refractivity (Wildman–Crippen MR) is 86.6 cm³/mol. The van der Waals surface area contributed by atoms with Gasteiger partial charge < -0.3 is 5.32 Å². The minimum absolute atomic E-state index is 0.238. The van der Waals surface area contributed by atoms with Gasteiger partial charge in [0.25, 0.3) is 5.91 Å². The van der Waals surface area contributed by atoms with Crippen LogP contribution >= 0.6 is 0 Å². The maximum Gasteiger partial charge on any atom is 0.256 e. The summed E-state index contributed by atoms with van der Waals surface area (Å²) in [6, 6.07) is 14.9. The van der Waals surface area contributed by atoms with E-state index < -0.39 is 0 Å². The molecule has 1 N–H and O–H groups in total. The number of nitrogens with zero attached hydrogens (tertiary/aromatic N) is 2. The second-order valence-electron chi connectivity index (χ2n) is 5.02. The van der Waals surface area contributed by atoms with Crippen LogP contribution in [-0.4, -0.2) is 15.9 Å². The average Bonchev–Trinajstić information content (AvgIpc) is 2.58.